The number of likely N-dealkylation sites (N-methyl/N-ethyl adjacent to an activating group) is 1. The van der Waals surface area contributed by atoms with Gasteiger partial charge in [-0.2, -0.15) is 0 Å². The third-order valence-electron chi connectivity index (χ3n) is 3.12. The van der Waals surface area contributed by atoms with E-state index in [1.54, 1.807) is 7.05 Å². The highest BCUT2D eigenvalue weighted by atomic mass is 32.2. The third kappa shape index (κ3) is 3.93. The molecular formula is C11H22N2O4S. The first-order valence-corrected chi connectivity index (χ1v) is 7.81. The molecule has 0 saturated carbocycles. The second-order valence-corrected chi connectivity index (χ2v) is 7.09. The van der Waals surface area contributed by atoms with Crippen LogP contribution in [0.2, 0.25) is 0 Å². The van der Waals surface area contributed by atoms with Crippen molar-refractivity contribution < 1.29 is 17.9 Å². The fourth-order valence-electron chi connectivity index (χ4n) is 2.19. The molecule has 0 aromatic rings. The molecule has 0 radical (unpaired) electrons. The second kappa shape index (κ2) is 6.49. The van der Waals surface area contributed by atoms with E-state index in [0.29, 0.717) is 26.0 Å². The summed E-state index contributed by atoms with van der Waals surface area (Å²) in [6.45, 7) is 0.647. The molecule has 1 aliphatic rings. The minimum atomic E-state index is -3.28. The summed E-state index contributed by atoms with van der Waals surface area (Å²) in [6.07, 6.45) is 1.86. The van der Waals surface area contributed by atoms with Crippen LogP contribution in [0, 0.1) is 0 Å². The molecule has 106 valence electrons. The fraction of sp³-hybridized carbons (Fsp3) is 0.909. The number of amides is 1. The van der Waals surface area contributed by atoms with Gasteiger partial charge >= 0.3 is 0 Å². The molecule has 1 rings (SSSR count). The van der Waals surface area contributed by atoms with Gasteiger partial charge in [-0.25, -0.2) is 8.42 Å². The standard InChI is InChI=1S/C11H22N2O4S/c1-13(7-9(12)8-17-2)11(14)10-5-3-4-6-18(10,15)16/h9-10H,3-8,12H2,1-2H3. The molecule has 0 aromatic heterocycles. The van der Waals surface area contributed by atoms with Crippen molar-refractivity contribution in [3.8, 4) is 0 Å². The van der Waals surface area contributed by atoms with Crippen LogP contribution in [-0.2, 0) is 19.4 Å². The molecule has 0 bridgehead atoms. The Morgan fingerprint density at radius 3 is 2.72 bits per heavy atom. The van der Waals surface area contributed by atoms with Gasteiger partial charge in [0.1, 0.15) is 5.25 Å². The molecule has 0 spiro atoms. The number of hydrogen-bond acceptors (Lipinski definition) is 5. The van der Waals surface area contributed by atoms with Crippen molar-refractivity contribution >= 4 is 15.7 Å². The van der Waals surface area contributed by atoms with Gasteiger partial charge in [-0.15, -0.1) is 0 Å². The van der Waals surface area contributed by atoms with Crippen LogP contribution in [0.3, 0.4) is 0 Å². The summed E-state index contributed by atoms with van der Waals surface area (Å²) in [4.78, 5) is 13.5. The molecule has 6 nitrogen and oxygen atoms in total. The molecule has 18 heavy (non-hydrogen) atoms. The quantitative estimate of drug-likeness (QED) is 0.724. The van der Waals surface area contributed by atoms with Crippen LogP contribution in [0.4, 0.5) is 0 Å². The van der Waals surface area contributed by atoms with Crippen LogP contribution in [-0.4, -0.2) is 63.6 Å². The predicted octanol–water partition coefficient (Wildman–Crippen LogP) is -0.614. The van der Waals surface area contributed by atoms with Gasteiger partial charge in [0.2, 0.25) is 5.91 Å². The van der Waals surface area contributed by atoms with E-state index in [1.165, 1.54) is 12.0 Å². The van der Waals surface area contributed by atoms with Gasteiger partial charge in [0.05, 0.1) is 12.4 Å². The van der Waals surface area contributed by atoms with Gasteiger partial charge in [-0.05, 0) is 12.8 Å². The summed E-state index contributed by atoms with van der Waals surface area (Å²) in [5.74, 6) is -0.234. The molecule has 7 heteroatoms. The lowest BCUT2D eigenvalue weighted by Gasteiger charge is -2.28. The first-order valence-electron chi connectivity index (χ1n) is 6.09. The minimum absolute atomic E-state index is 0.112. The van der Waals surface area contributed by atoms with E-state index >= 15 is 0 Å². The van der Waals surface area contributed by atoms with Gasteiger partial charge in [-0.3, -0.25) is 4.79 Å². The van der Waals surface area contributed by atoms with Crippen molar-refractivity contribution in [3.63, 3.8) is 0 Å². The molecule has 1 heterocycles. The summed E-state index contributed by atoms with van der Waals surface area (Å²) in [5, 5.41) is -0.883. The molecule has 0 aromatic carbocycles. The Hall–Kier alpha value is -0.660. The molecule has 1 aliphatic heterocycles. The maximum atomic E-state index is 12.1. The number of nitrogens with two attached hydrogens (primary N) is 1. The summed E-state index contributed by atoms with van der Waals surface area (Å²) < 4.78 is 28.6. The number of methoxy groups -OCH3 is 1. The lowest BCUT2D eigenvalue weighted by atomic mass is 10.1. The van der Waals surface area contributed by atoms with Gasteiger partial charge in [0.15, 0.2) is 9.84 Å². The van der Waals surface area contributed by atoms with Crippen LogP contribution in [0.1, 0.15) is 19.3 Å². The summed E-state index contributed by atoms with van der Waals surface area (Å²) in [5.41, 5.74) is 5.75. The number of hydrogen-bond donors (Lipinski definition) is 1. The number of carbonyl (C=O) groups is 1. The first-order chi connectivity index (χ1) is 8.38. The zero-order valence-corrected chi connectivity index (χ0v) is 11.8. The van der Waals surface area contributed by atoms with Gasteiger partial charge in [-0.1, -0.05) is 6.42 Å². The molecule has 1 amide bonds. The van der Waals surface area contributed by atoms with E-state index in [-0.39, 0.29) is 17.7 Å². The SMILES string of the molecule is COCC(N)CN(C)C(=O)C1CCCCS1(=O)=O. The lowest BCUT2D eigenvalue weighted by Crippen LogP contribution is -2.48. The average Bonchev–Trinajstić information content (AvgIpc) is 2.27. The Morgan fingerprint density at radius 1 is 1.50 bits per heavy atom. The van der Waals surface area contributed by atoms with Crippen molar-refractivity contribution in [3.05, 3.63) is 0 Å². The van der Waals surface area contributed by atoms with E-state index < -0.39 is 15.1 Å². The normalized spacial score (nSPS) is 24.5. The lowest BCUT2D eigenvalue weighted by molar-refractivity contribution is -0.130. The van der Waals surface area contributed by atoms with Crippen molar-refractivity contribution in [2.75, 3.05) is 33.1 Å². The van der Waals surface area contributed by atoms with Crippen LogP contribution >= 0.6 is 0 Å². The molecule has 1 fully saturated rings. The van der Waals surface area contributed by atoms with Crippen LogP contribution in [0.25, 0.3) is 0 Å². The molecule has 2 unspecified atom stereocenters. The fourth-order valence-corrected chi connectivity index (χ4v) is 4.09. The first kappa shape index (κ1) is 15.4. The number of ether oxygens (including phenoxy) is 1. The van der Waals surface area contributed by atoms with Crippen molar-refractivity contribution in [1.29, 1.82) is 0 Å². The summed E-state index contributed by atoms with van der Waals surface area (Å²) in [7, 11) is -0.159. The smallest absolute Gasteiger partial charge is 0.240 e. The zero-order valence-electron chi connectivity index (χ0n) is 11.0. The van der Waals surface area contributed by atoms with E-state index in [4.69, 9.17) is 10.5 Å². The van der Waals surface area contributed by atoms with Crippen molar-refractivity contribution in [1.82, 2.24) is 4.90 Å². The van der Waals surface area contributed by atoms with Crippen molar-refractivity contribution in [2.45, 2.75) is 30.6 Å². The maximum absolute atomic E-state index is 12.1. The number of carbonyl (C=O) groups excluding carboxylic acids is 1. The number of nitrogens with zero attached hydrogens (tertiary/aromatic N) is 1. The second-order valence-electron chi connectivity index (χ2n) is 4.79. The van der Waals surface area contributed by atoms with Gasteiger partial charge in [0.25, 0.3) is 0 Å². The Labute approximate surface area is 108 Å². The average molecular weight is 278 g/mol. The number of rotatable bonds is 5. The highest BCUT2D eigenvalue weighted by Crippen LogP contribution is 2.21. The predicted molar refractivity (Wildman–Crippen MR) is 68.9 cm³/mol. The van der Waals surface area contributed by atoms with Gasteiger partial charge < -0.3 is 15.4 Å². The zero-order chi connectivity index (χ0) is 13.8. The van der Waals surface area contributed by atoms with Gasteiger partial charge in [0, 0.05) is 26.7 Å². The van der Waals surface area contributed by atoms with E-state index in [9.17, 15) is 13.2 Å². The van der Waals surface area contributed by atoms with E-state index in [1.807, 2.05) is 0 Å². The molecule has 2 atom stereocenters. The maximum Gasteiger partial charge on any atom is 0.240 e. The Balaban J connectivity index is 2.62. The largest absolute Gasteiger partial charge is 0.383 e. The van der Waals surface area contributed by atoms with Crippen LogP contribution < -0.4 is 5.73 Å². The third-order valence-corrected chi connectivity index (χ3v) is 5.28. The Bertz CT molecular complexity index is 383. The Kier molecular flexibility index (Phi) is 5.55. The van der Waals surface area contributed by atoms with Crippen molar-refractivity contribution in [2.24, 2.45) is 5.73 Å². The highest BCUT2D eigenvalue weighted by Gasteiger charge is 2.36. The highest BCUT2D eigenvalue weighted by molar-refractivity contribution is 7.92. The van der Waals surface area contributed by atoms with Crippen LogP contribution in [0.5, 0.6) is 0 Å². The Morgan fingerprint density at radius 2 is 2.17 bits per heavy atom. The molecule has 1 saturated heterocycles. The topological polar surface area (TPSA) is 89.7 Å². The summed E-state index contributed by atoms with van der Waals surface area (Å²) >= 11 is 0. The molecular weight excluding hydrogens is 256 g/mol. The summed E-state index contributed by atoms with van der Waals surface area (Å²) in [6, 6.07) is -0.296. The molecule has 2 N–H and O–H groups in total. The molecule has 0 aliphatic carbocycles. The number of sulfone groups is 1. The van der Waals surface area contributed by atoms with Crippen LogP contribution in [0.15, 0.2) is 0 Å². The van der Waals surface area contributed by atoms with E-state index in [0.717, 1.165) is 6.42 Å². The monoisotopic (exact) mass is 278 g/mol. The van der Waals surface area contributed by atoms with E-state index in [2.05, 4.69) is 0 Å². The minimum Gasteiger partial charge on any atom is -0.383 e.